The second-order valence-electron chi connectivity index (χ2n) is 4.67. The molecule has 0 aliphatic carbocycles. The Morgan fingerprint density at radius 2 is 1.76 bits per heavy atom. The molecule has 0 aromatic heterocycles. The van der Waals surface area contributed by atoms with Gasteiger partial charge in [-0.3, -0.25) is 0 Å². The highest BCUT2D eigenvalue weighted by Gasteiger charge is 2.11. The van der Waals surface area contributed by atoms with Crippen LogP contribution < -0.4 is 20.1 Å². The number of rotatable bonds is 8. The van der Waals surface area contributed by atoms with Crippen molar-refractivity contribution >= 4 is 6.03 Å². The summed E-state index contributed by atoms with van der Waals surface area (Å²) in [4.78, 5) is 11.6. The first-order chi connectivity index (χ1) is 10.1. The highest BCUT2D eigenvalue weighted by molar-refractivity contribution is 5.73. The Labute approximate surface area is 125 Å². The topological polar surface area (TPSA) is 79.8 Å². The number of urea groups is 1. The number of hydrogen-bond acceptors (Lipinski definition) is 4. The van der Waals surface area contributed by atoms with Crippen LogP contribution in [-0.2, 0) is 6.54 Å². The van der Waals surface area contributed by atoms with Gasteiger partial charge in [-0.05, 0) is 24.1 Å². The van der Waals surface area contributed by atoms with Crippen molar-refractivity contribution in [1.82, 2.24) is 10.6 Å². The minimum absolute atomic E-state index is 0.0484. The van der Waals surface area contributed by atoms with Gasteiger partial charge < -0.3 is 25.2 Å². The maximum Gasteiger partial charge on any atom is 0.315 e. The largest absolute Gasteiger partial charge is 0.502 e. The Hall–Kier alpha value is -2.11. The lowest BCUT2D eigenvalue weighted by Crippen LogP contribution is -2.35. The summed E-state index contributed by atoms with van der Waals surface area (Å²) in [5.74, 6) is 0.580. The molecule has 6 heteroatoms. The number of nitrogens with one attached hydrogen (secondary N) is 2. The van der Waals surface area contributed by atoms with Gasteiger partial charge in [0.2, 0.25) is 5.75 Å². The SMILES string of the molecule is CCCCCNC(=O)NCc1cc(OC)c(O)c(OC)c1. The lowest BCUT2D eigenvalue weighted by Gasteiger charge is -2.12. The number of ether oxygens (including phenoxy) is 2. The van der Waals surface area contributed by atoms with Gasteiger partial charge in [-0.2, -0.15) is 0 Å². The fourth-order valence-corrected chi connectivity index (χ4v) is 1.87. The molecule has 0 unspecified atom stereocenters. The fourth-order valence-electron chi connectivity index (χ4n) is 1.87. The molecule has 0 radical (unpaired) electrons. The van der Waals surface area contributed by atoms with E-state index in [1.165, 1.54) is 14.2 Å². The molecule has 0 atom stereocenters. The molecule has 1 aromatic rings. The van der Waals surface area contributed by atoms with Crippen LogP contribution in [0.1, 0.15) is 31.7 Å². The number of phenols is 1. The van der Waals surface area contributed by atoms with Gasteiger partial charge in [0.25, 0.3) is 0 Å². The van der Waals surface area contributed by atoms with Crippen LogP contribution in [0.3, 0.4) is 0 Å². The van der Waals surface area contributed by atoms with E-state index in [2.05, 4.69) is 17.6 Å². The molecule has 3 N–H and O–H groups in total. The van der Waals surface area contributed by atoms with Crippen LogP contribution in [-0.4, -0.2) is 31.9 Å². The molecule has 0 aliphatic heterocycles. The van der Waals surface area contributed by atoms with E-state index in [4.69, 9.17) is 9.47 Å². The van der Waals surface area contributed by atoms with Crippen LogP contribution in [0.2, 0.25) is 0 Å². The Kier molecular flexibility index (Phi) is 7.21. The van der Waals surface area contributed by atoms with E-state index in [-0.39, 0.29) is 11.8 Å². The van der Waals surface area contributed by atoms with E-state index >= 15 is 0 Å². The number of hydrogen-bond donors (Lipinski definition) is 3. The lowest BCUT2D eigenvalue weighted by molar-refractivity contribution is 0.240. The minimum atomic E-state index is -0.211. The summed E-state index contributed by atoms with van der Waals surface area (Å²) in [7, 11) is 2.93. The number of benzene rings is 1. The van der Waals surface area contributed by atoms with Crippen LogP contribution in [0.15, 0.2) is 12.1 Å². The molecular weight excluding hydrogens is 272 g/mol. The van der Waals surface area contributed by atoms with Gasteiger partial charge in [0, 0.05) is 13.1 Å². The van der Waals surface area contributed by atoms with Crippen molar-refractivity contribution in [3.63, 3.8) is 0 Å². The maximum atomic E-state index is 11.6. The first-order valence-electron chi connectivity index (χ1n) is 7.07. The molecule has 0 saturated carbocycles. The Morgan fingerprint density at radius 1 is 1.14 bits per heavy atom. The fraction of sp³-hybridized carbons (Fsp3) is 0.533. The van der Waals surface area contributed by atoms with Crippen LogP contribution in [0.5, 0.6) is 17.2 Å². The van der Waals surface area contributed by atoms with E-state index in [0.717, 1.165) is 24.8 Å². The molecular formula is C15H24N2O4. The van der Waals surface area contributed by atoms with Gasteiger partial charge in [-0.15, -0.1) is 0 Å². The zero-order valence-electron chi connectivity index (χ0n) is 12.9. The Morgan fingerprint density at radius 3 is 2.29 bits per heavy atom. The standard InChI is InChI=1S/C15H24N2O4/c1-4-5-6-7-16-15(19)17-10-11-8-12(20-2)14(18)13(9-11)21-3/h8-9,18H,4-7,10H2,1-3H3,(H2,16,17,19). The first-order valence-corrected chi connectivity index (χ1v) is 7.07. The summed E-state index contributed by atoms with van der Waals surface area (Å²) in [6, 6.07) is 3.11. The van der Waals surface area contributed by atoms with Crippen molar-refractivity contribution < 1.29 is 19.4 Å². The molecule has 0 spiro atoms. The van der Waals surface area contributed by atoms with Gasteiger partial charge >= 0.3 is 6.03 Å². The second-order valence-corrected chi connectivity index (χ2v) is 4.67. The number of carbonyl (C=O) groups is 1. The van der Waals surface area contributed by atoms with Crippen molar-refractivity contribution in [2.24, 2.45) is 0 Å². The average molecular weight is 296 g/mol. The lowest BCUT2D eigenvalue weighted by atomic mass is 10.2. The molecule has 1 rings (SSSR count). The van der Waals surface area contributed by atoms with E-state index in [9.17, 15) is 9.90 Å². The van der Waals surface area contributed by atoms with Crippen molar-refractivity contribution in [3.8, 4) is 17.2 Å². The second kappa shape index (κ2) is 8.94. The molecule has 6 nitrogen and oxygen atoms in total. The van der Waals surface area contributed by atoms with Crippen LogP contribution in [0.25, 0.3) is 0 Å². The monoisotopic (exact) mass is 296 g/mol. The first kappa shape index (κ1) is 16.9. The number of carbonyl (C=O) groups excluding carboxylic acids is 1. The van der Waals surface area contributed by atoms with Crippen molar-refractivity contribution in [2.75, 3.05) is 20.8 Å². The van der Waals surface area contributed by atoms with Crippen molar-refractivity contribution in [2.45, 2.75) is 32.7 Å². The molecule has 2 amide bonds. The van der Waals surface area contributed by atoms with Crippen LogP contribution in [0.4, 0.5) is 4.79 Å². The molecule has 1 aromatic carbocycles. The third kappa shape index (κ3) is 5.41. The number of methoxy groups -OCH3 is 2. The zero-order valence-corrected chi connectivity index (χ0v) is 12.9. The molecule has 0 saturated heterocycles. The summed E-state index contributed by atoms with van der Waals surface area (Å²) >= 11 is 0. The van der Waals surface area contributed by atoms with E-state index in [1.807, 2.05) is 0 Å². The van der Waals surface area contributed by atoms with Gasteiger partial charge in [0.05, 0.1) is 14.2 Å². The Bertz CT molecular complexity index is 438. The summed E-state index contributed by atoms with van der Waals surface area (Å²) < 4.78 is 10.1. The summed E-state index contributed by atoms with van der Waals surface area (Å²) in [6.07, 6.45) is 3.20. The van der Waals surface area contributed by atoms with E-state index < -0.39 is 0 Å². The van der Waals surface area contributed by atoms with Crippen molar-refractivity contribution in [3.05, 3.63) is 17.7 Å². The third-order valence-electron chi connectivity index (χ3n) is 3.06. The van der Waals surface area contributed by atoms with E-state index in [1.54, 1.807) is 12.1 Å². The smallest absolute Gasteiger partial charge is 0.315 e. The molecule has 21 heavy (non-hydrogen) atoms. The predicted molar refractivity (Wildman–Crippen MR) is 81.0 cm³/mol. The minimum Gasteiger partial charge on any atom is -0.502 e. The number of aromatic hydroxyl groups is 1. The van der Waals surface area contributed by atoms with Crippen molar-refractivity contribution in [1.29, 1.82) is 0 Å². The average Bonchev–Trinajstić information content (AvgIpc) is 2.50. The quantitative estimate of drug-likeness (QED) is 0.644. The third-order valence-corrected chi connectivity index (χ3v) is 3.06. The van der Waals surface area contributed by atoms with Gasteiger partial charge in [0.1, 0.15) is 0 Å². The number of phenolic OH excluding ortho intramolecular Hbond substituents is 1. The molecule has 0 heterocycles. The number of unbranched alkanes of at least 4 members (excludes halogenated alkanes) is 2. The van der Waals surface area contributed by atoms with E-state index in [0.29, 0.717) is 24.6 Å². The molecule has 0 aliphatic rings. The molecule has 0 bridgehead atoms. The summed E-state index contributed by atoms with van der Waals surface area (Å²) in [5, 5.41) is 15.4. The zero-order chi connectivity index (χ0) is 15.7. The van der Waals surface area contributed by atoms with Gasteiger partial charge in [0.15, 0.2) is 11.5 Å². The summed E-state index contributed by atoms with van der Waals surface area (Å²) in [6.45, 7) is 3.11. The summed E-state index contributed by atoms with van der Waals surface area (Å²) in [5.41, 5.74) is 0.783. The van der Waals surface area contributed by atoms with Crippen LogP contribution in [0, 0.1) is 0 Å². The highest BCUT2D eigenvalue weighted by Crippen LogP contribution is 2.36. The van der Waals surface area contributed by atoms with Crippen LogP contribution >= 0.6 is 0 Å². The normalized spacial score (nSPS) is 10.0. The molecule has 118 valence electrons. The Balaban J connectivity index is 2.53. The van der Waals surface area contributed by atoms with Gasteiger partial charge in [-0.1, -0.05) is 19.8 Å². The maximum absolute atomic E-state index is 11.6. The number of amides is 2. The molecule has 0 fully saturated rings. The predicted octanol–water partition coefficient (Wildman–Crippen LogP) is 2.40. The highest BCUT2D eigenvalue weighted by atomic mass is 16.5. The van der Waals surface area contributed by atoms with Gasteiger partial charge in [-0.25, -0.2) is 4.79 Å².